The summed E-state index contributed by atoms with van der Waals surface area (Å²) < 4.78 is 0. The Balaban J connectivity index is 2.04. The van der Waals surface area contributed by atoms with E-state index in [2.05, 4.69) is 0 Å². The molecule has 0 radical (unpaired) electrons. The van der Waals surface area contributed by atoms with E-state index in [1.165, 1.54) is 4.90 Å². The van der Waals surface area contributed by atoms with Crippen LogP contribution in [0, 0.1) is 0 Å². The van der Waals surface area contributed by atoms with Crippen molar-refractivity contribution in [2.45, 2.75) is 43.9 Å². The van der Waals surface area contributed by atoms with E-state index in [0.29, 0.717) is 0 Å². The summed E-state index contributed by atoms with van der Waals surface area (Å²) in [7, 11) is 1.70. The lowest BCUT2D eigenvalue weighted by molar-refractivity contribution is -0.141. The highest BCUT2D eigenvalue weighted by atomic mass is 16.4. The summed E-state index contributed by atoms with van der Waals surface area (Å²) in [6, 6.07) is -0.937. The molecule has 0 aromatic rings. The van der Waals surface area contributed by atoms with Gasteiger partial charge in [-0.25, -0.2) is 9.59 Å². The number of aliphatic hydroxyl groups excluding tert-OH is 1. The average molecular weight is 242 g/mol. The smallest absolute Gasteiger partial charge is 0.326 e. The summed E-state index contributed by atoms with van der Waals surface area (Å²) in [5.41, 5.74) is 0. The summed E-state index contributed by atoms with van der Waals surface area (Å²) in [6.45, 7) is 0.118. The van der Waals surface area contributed by atoms with Crippen molar-refractivity contribution in [3.05, 3.63) is 0 Å². The second kappa shape index (κ2) is 4.52. The minimum Gasteiger partial charge on any atom is -0.480 e. The Bertz CT molecular complexity index is 329. The molecule has 0 aromatic carbocycles. The number of nitrogens with zero attached hydrogens (tertiary/aromatic N) is 2. The maximum Gasteiger partial charge on any atom is 0.326 e. The number of urea groups is 1. The topological polar surface area (TPSA) is 81.1 Å². The van der Waals surface area contributed by atoms with Gasteiger partial charge in [0.15, 0.2) is 0 Å². The number of β-amino-alcohol motifs (C(OH)–C–C–N with tert-alkyl or cyclic N) is 1. The molecule has 6 nitrogen and oxygen atoms in total. The number of aliphatic carboxylic acids is 1. The fourth-order valence-electron chi connectivity index (χ4n) is 2.39. The Morgan fingerprint density at radius 2 is 2.00 bits per heavy atom. The molecule has 2 amide bonds. The summed E-state index contributed by atoms with van der Waals surface area (Å²) in [4.78, 5) is 26.0. The van der Waals surface area contributed by atoms with Crippen LogP contribution in [0.3, 0.4) is 0 Å². The molecule has 2 aliphatic rings. The minimum absolute atomic E-state index is 0.118. The van der Waals surface area contributed by atoms with Crippen molar-refractivity contribution in [3.8, 4) is 0 Å². The zero-order valence-electron chi connectivity index (χ0n) is 9.87. The summed E-state index contributed by atoms with van der Waals surface area (Å²) in [6.07, 6.45) is 2.48. The van der Waals surface area contributed by atoms with Crippen LogP contribution in [0.25, 0.3) is 0 Å². The number of carboxylic acids is 1. The van der Waals surface area contributed by atoms with Gasteiger partial charge in [0.05, 0.1) is 6.10 Å². The predicted molar refractivity (Wildman–Crippen MR) is 59.6 cm³/mol. The summed E-state index contributed by atoms with van der Waals surface area (Å²) >= 11 is 0. The molecule has 1 aliphatic heterocycles. The quantitative estimate of drug-likeness (QED) is 0.720. The number of rotatable bonds is 2. The minimum atomic E-state index is -1.04. The number of amides is 2. The van der Waals surface area contributed by atoms with Crippen LogP contribution in [0.1, 0.15) is 25.7 Å². The van der Waals surface area contributed by atoms with Gasteiger partial charge in [0.2, 0.25) is 0 Å². The zero-order chi connectivity index (χ0) is 12.6. The van der Waals surface area contributed by atoms with Crippen LogP contribution < -0.4 is 0 Å². The van der Waals surface area contributed by atoms with Gasteiger partial charge >= 0.3 is 12.0 Å². The second-order valence-electron chi connectivity index (χ2n) is 4.87. The molecular weight excluding hydrogens is 224 g/mol. The Kier molecular flexibility index (Phi) is 3.24. The Morgan fingerprint density at radius 1 is 1.35 bits per heavy atom. The van der Waals surface area contributed by atoms with Crippen LogP contribution in [0.5, 0.6) is 0 Å². The van der Waals surface area contributed by atoms with Crippen molar-refractivity contribution < 1.29 is 19.8 Å². The molecule has 1 saturated heterocycles. The maximum absolute atomic E-state index is 12.1. The van der Waals surface area contributed by atoms with E-state index in [0.717, 1.165) is 19.3 Å². The highest BCUT2D eigenvalue weighted by molar-refractivity contribution is 5.83. The maximum atomic E-state index is 12.1. The molecule has 0 aromatic heterocycles. The average Bonchev–Trinajstić information content (AvgIpc) is 2.56. The van der Waals surface area contributed by atoms with Crippen LogP contribution in [-0.2, 0) is 4.79 Å². The third kappa shape index (κ3) is 2.22. The van der Waals surface area contributed by atoms with Crippen LogP contribution in [-0.4, -0.2) is 63.8 Å². The number of carboxylic acid groups (broad SMARTS) is 1. The van der Waals surface area contributed by atoms with Crippen LogP contribution in [0.15, 0.2) is 0 Å². The Morgan fingerprint density at radius 3 is 2.47 bits per heavy atom. The van der Waals surface area contributed by atoms with Gasteiger partial charge < -0.3 is 20.0 Å². The molecule has 96 valence electrons. The van der Waals surface area contributed by atoms with E-state index in [1.807, 2.05) is 0 Å². The number of hydrogen-bond donors (Lipinski definition) is 2. The van der Waals surface area contributed by atoms with Crippen molar-refractivity contribution in [2.75, 3.05) is 13.6 Å². The van der Waals surface area contributed by atoms with E-state index in [-0.39, 0.29) is 25.0 Å². The lowest BCUT2D eigenvalue weighted by atomic mass is 9.92. The molecule has 1 heterocycles. The van der Waals surface area contributed by atoms with Crippen molar-refractivity contribution in [1.82, 2.24) is 9.80 Å². The molecule has 0 bridgehead atoms. The molecule has 2 N–H and O–H groups in total. The molecule has 2 unspecified atom stereocenters. The molecule has 1 aliphatic carbocycles. The first-order valence-electron chi connectivity index (χ1n) is 5.95. The Labute approximate surface area is 99.8 Å². The van der Waals surface area contributed by atoms with Gasteiger partial charge in [-0.2, -0.15) is 0 Å². The fourth-order valence-corrected chi connectivity index (χ4v) is 2.39. The van der Waals surface area contributed by atoms with E-state index in [4.69, 9.17) is 5.11 Å². The second-order valence-corrected chi connectivity index (χ2v) is 4.87. The van der Waals surface area contributed by atoms with Gasteiger partial charge in [-0.05, 0) is 19.3 Å². The van der Waals surface area contributed by atoms with Crippen molar-refractivity contribution in [2.24, 2.45) is 0 Å². The Hall–Kier alpha value is -1.30. The van der Waals surface area contributed by atoms with Gasteiger partial charge in [-0.1, -0.05) is 0 Å². The number of carbonyl (C=O) groups excluding carboxylic acids is 1. The van der Waals surface area contributed by atoms with Gasteiger partial charge in [0.25, 0.3) is 0 Å². The van der Waals surface area contributed by atoms with Crippen LogP contribution >= 0.6 is 0 Å². The SMILES string of the molecule is CN(C(=O)N1CC(O)CC1C(=O)O)C1CCC1. The third-order valence-corrected chi connectivity index (χ3v) is 3.73. The number of likely N-dealkylation sites (tertiary alicyclic amines) is 1. The standard InChI is InChI=1S/C11H18N2O4/c1-12(7-3-2-4-7)11(17)13-6-8(14)5-9(13)10(15)16/h7-9,14H,2-6H2,1H3,(H,15,16). The number of carbonyl (C=O) groups is 2. The zero-order valence-corrected chi connectivity index (χ0v) is 9.87. The van der Waals surface area contributed by atoms with Gasteiger partial charge in [-0.3, -0.25) is 0 Å². The van der Waals surface area contributed by atoms with Crippen molar-refractivity contribution in [3.63, 3.8) is 0 Å². The largest absolute Gasteiger partial charge is 0.480 e. The highest BCUT2D eigenvalue weighted by Crippen LogP contribution is 2.27. The monoisotopic (exact) mass is 242 g/mol. The summed E-state index contributed by atoms with van der Waals surface area (Å²) in [5, 5.41) is 18.5. The first-order chi connectivity index (χ1) is 8.00. The lowest BCUT2D eigenvalue weighted by Gasteiger charge is -2.37. The van der Waals surface area contributed by atoms with Crippen molar-refractivity contribution in [1.29, 1.82) is 0 Å². The molecule has 2 fully saturated rings. The predicted octanol–water partition coefficient (Wildman–Crippen LogP) is 0.110. The molecule has 2 atom stereocenters. The van der Waals surface area contributed by atoms with Gasteiger partial charge in [0, 0.05) is 26.1 Å². The van der Waals surface area contributed by atoms with Crippen molar-refractivity contribution >= 4 is 12.0 Å². The molecule has 1 saturated carbocycles. The molecule has 17 heavy (non-hydrogen) atoms. The highest BCUT2D eigenvalue weighted by Gasteiger charge is 2.41. The van der Waals surface area contributed by atoms with E-state index in [9.17, 15) is 14.7 Å². The van der Waals surface area contributed by atoms with Crippen LogP contribution in [0.2, 0.25) is 0 Å². The van der Waals surface area contributed by atoms with Crippen LogP contribution in [0.4, 0.5) is 4.79 Å². The fraction of sp³-hybridized carbons (Fsp3) is 0.818. The molecule has 0 spiro atoms. The first kappa shape index (κ1) is 12.2. The van der Waals surface area contributed by atoms with E-state index < -0.39 is 18.1 Å². The van der Waals surface area contributed by atoms with Gasteiger partial charge in [-0.15, -0.1) is 0 Å². The molecule has 2 rings (SSSR count). The first-order valence-corrected chi connectivity index (χ1v) is 5.95. The third-order valence-electron chi connectivity index (χ3n) is 3.73. The summed E-state index contributed by atoms with van der Waals surface area (Å²) in [5.74, 6) is -1.04. The van der Waals surface area contributed by atoms with Gasteiger partial charge in [0.1, 0.15) is 6.04 Å². The molecular formula is C11H18N2O4. The number of aliphatic hydroxyl groups is 1. The van der Waals surface area contributed by atoms with E-state index in [1.54, 1.807) is 11.9 Å². The van der Waals surface area contributed by atoms with E-state index >= 15 is 0 Å². The lowest BCUT2D eigenvalue weighted by Crippen LogP contribution is -2.51. The normalized spacial score (nSPS) is 28.9. The molecule has 6 heteroatoms. The number of hydrogen-bond acceptors (Lipinski definition) is 3.